The summed E-state index contributed by atoms with van der Waals surface area (Å²) in [5, 5.41) is 8.34. The van der Waals surface area contributed by atoms with Crippen LogP contribution in [-0.4, -0.2) is 43.8 Å². The van der Waals surface area contributed by atoms with Gasteiger partial charge < -0.3 is 15.2 Å². The molecule has 2 aromatic carbocycles. The summed E-state index contributed by atoms with van der Waals surface area (Å²) in [7, 11) is 4.09. The normalized spacial score (nSPS) is 19.1. The van der Waals surface area contributed by atoms with Crippen LogP contribution in [0.5, 0.6) is 0 Å². The monoisotopic (exact) mass is 384 g/mol. The molecule has 1 fully saturated rings. The van der Waals surface area contributed by atoms with E-state index >= 15 is 0 Å². The van der Waals surface area contributed by atoms with Gasteiger partial charge in [0.1, 0.15) is 6.17 Å². The summed E-state index contributed by atoms with van der Waals surface area (Å²) in [4.78, 5) is 14.8. The molecule has 0 radical (unpaired) electrons. The highest BCUT2D eigenvalue weighted by Gasteiger charge is 2.37. The molecule has 0 saturated heterocycles. The van der Waals surface area contributed by atoms with Crippen molar-refractivity contribution in [3.63, 3.8) is 0 Å². The van der Waals surface area contributed by atoms with Crippen molar-refractivity contribution < 1.29 is 4.79 Å². The standard InChI is InChI=1S/C21H25ClN4O/c1-14-8-11-16-19(12-14)24(2)20(23-21(16)27)13-26(15-9-10-15)25(3)18-7-5-4-6-17(18)22/h4-8,11-12,15,20H,9-10,13H2,1-3H3,(H,23,27). The Morgan fingerprint density at radius 2 is 1.96 bits per heavy atom. The third kappa shape index (κ3) is 3.49. The molecule has 1 heterocycles. The number of nitrogens with zero attached hydrogens (tertiary/aromatic N) is 3. The maximum absolute atomic E-state index is 12.6. The molecule has 5 nitrogen and oxygen atoms in total. The van der Waals surface area contributed by atoms with Crippen LogP contribution in [0, 0.1) is 6.92 Å². The number of hydrogen-bond acceptors (Lipinski definition) is 4. The second-order valence-electron chi connectivity index (χ2n) is 7.45. The highest BCUT2D eigenvalue weighted by Crippen LogP contribution is 2.34. The number of likely N-dealkylation sites (N-methyl/N-ethyl adjacent to an activating group) is 1. The summed E-state index contributed by atoms with van der Waals surface area (Å²) in [5.41, 5.74) is 3.85. The van der Waals surface area contributed by atoms with Crippen LogP contribution in [0.3, 0.4) is 0 Å². The molecule has 1 N–H and O–H groups in total. The number of hydrazine groups is 1. The minimum Gasteiger partial charge on any atom is -0.353 e. The van der Waals surface area contributed by atoms with Crippen LogP contribution in [0.1, 0.15) is 28.8 Å². The lowest BCUT2D eigenvalue weighted by atomic mass is 10.0. The molecule has 1 saturated carbocycles. The van der Waals surface area contributed by atoms with Gasteiger partial charge >= 0.3 is 0 Å². The van der Waals surface area contributed by atoms with Crippen molar-refractivity contribution in [3.8, 4) is 0 Å². The van der Waals surface area contributed by atoms with Crippen molar-refractivity contribution in [1.29, 1.82) is 0 Å². The van der Waals surface area contributed by atoms with Crippen LogP contribution in [-0.2, 0) is 0 Å². The van der Waals surface area contributed by atoms with Crippen molar-refractivity contribution in [3.05, 3.63) is 58.6 Å². The van der Waals surface area contributed by atoms with E-state index in [0.717, 1.165) is 40.4 Å². The number of anilines is 2. The molecule has 2 aliphatic rings. The maximum atomic E-state index is 12.6. The zero-order valence-electron chi connectivity index (χ0n) is 15.9. The number of fused-ring (bicyclic) bond motifs is 1. The Kier molecular flexibility index (Phi) is 4.74. The van der Waals surface area contributed by atoms with E-state index in [1.807, 2.05) is 50.5 Å². The molecule has 6 heteroatoms. The van der Waals surface area contributed by atoms with E-state index in [4.69, 9.17) is 11.6 Å². The van der Waals surface area contributed by atoms with Crippen LogP contribution < -0.4 is 15.2 Å². The summed E-state index contributed by atoms with van der Waals surface area (Å²) < 4.78 is 0. The largest absolute Gasteiger partial charge is 0.353 e. The van der Waals surface area contributed by atoms with E-state index in [2.05, 4.69) is 33.2 Å². The SMILES string of the molecule is Cc1ccc2c(c1)N(C)C(CN(C1CC1)N(C)c1ccccc1Cl)NC2=O. The predicted octanol–water partition coefficient (Wildman–Crippen LogP) is 3.67. The number of carbonyl (C=O) groups excluding carboxylic acids is 1. The Hall–Kier alpha value is -2.24. The smallest absolute Gasteiger partial charge is 0.255 e. The molecule has 0 bridgehead atoms. The number of hydrogen-bond donors (Lipinski definition) is 1. The van der Waals surface area contributed by atoms with Crippen molar-refractivity contribution in [2.24, 2.45) is 0 Å². The average molecular weight is 385 g/mol. The van der Waals surface area contributed by atoms with Crippen LogP contribution in [0.25, 0.3) is 0 Å². The Bertz CT molecular complexity index is 867. The first-order chi connectivity index (χ1) is 13.0. The van der Waals surface area contributed by atoms with Gasteiger partial charge in [0.15, 0.2) is 0 Å². The zero-order chi connectivity index (χ0) is 19.1. The molecule has 0 spiro atoms. The summed E-state index contributed by atoms with van der Waals surface area (Å²) in [6.45, 7) is 2.75. The van der Waals surface area contributed by atoms with Crippen molar-refractivity contribution >= 4 is 28.9 Å². The lowest BCUT2D eigenvalue weighted by molar-refractivity contribution is 0.0910. The lowest BCUT2D eigenvalue weighted by Crippen LogP contribution is -2.59. The lowest BCUT2D eigenvalue weighted by Gasteiger charge is -2.42. The molecule has 1 atom stereocenters. The van der Waals surface area contributed by atoms with E-state index in [1.54, 1.807) is 0 Å². The zero-order valence-corrected chi connectivity index (χ0v) is 16.7. The highest BCUT2D eigenvalue weighted by atomic mass is 35.5. The second-order valence-corrected chi connectivity index (χ2v) is 7.86. The molecule has 2 aromatic rings. The number of halogens is 1. The number of aryl methyl sites for hydroxylation is 1. The van der Waals surface area contributed by atoms with E-state index in [-0.39, 0.29) is 12.1 Å². The van der Waals surface area contributed by atoms with Crippen molar-refractivity contribution in [1.82, 2.24) is 10.3 Å². The quantitative estimate of drug-likeness (QED) is 0.798. The molecule has 1 aliphatic carbocycles. The predicted molar refractivity (Wildman–Crippen MR) is 110 cm³/mol. The van der Waals surface area contributed by atoms with E-state index < -0.39 is 0 Å². The van der Waals surface area contributed by atoms with E-state index in [1.165, 1.54) is 0 Å². The number of rotatable bonds is 5. The molecule has 27 heavy (non-hydrogen) atoms. The van der Waals surface area contributed by atoms with E-state index in [9.17, 15) is 4.79 Å². The van der Waals surface area contributed by atoms with Gasteiger partial charge in [0, 0.05) is 20.1 Å². The topological polar surface area (TPSA) is 38.8 Å². The summed E-state index contributed by atoms with van der Waals surface area (Å²) >= 11 is 6.42. The molecule has 1 unspecified atom stereocenters. The minimum atomic E-state index is -0.0997. The molecule has 0 aromatic heterocycles. The summed E-state index contributed by atoms with van der Waals surface area (Å²) in [6, 6.07) is 14.3. The maximum Gasteiger partial charge on any atom is 0.255 e. The van der Waals surface area contributed by atoms with Gasteiger partial charge in [-0.3, -0.25) is 4.79 Å². The number of para-hydroxylation sites is 1. The van der Waals surface area contributed by atoms with Crippen LogP contribution in [0.4, 0.5) is 11.4 Å². The van der Waals surface area contributed by atoms with Gasteiger partial charge in [-0.15, -0.1) is 0 Å². The molecule has 142 valence electrons. The number of carbonyl (C=O) groups is 1. The third-order valence-electron chi connectivity index (χ3n) is 5.46. The molecule has 1 amide bonds. The van der Waals surface area contributed by atoms with Crippen molar-refractivity contribution in [2.45, 2.75) is 32.0 Å². The number of benzene rings is 2. The van der Waals surface area contributed by atoms with Gasteiger partial charge in [0.05, 0.1) is 28.5 Å². The Labute approximate surface area is 165 Å². The van der Waals surface area contributed by atoms with Gasteiger partial charge in [-0.1, -0.05) is 29.8 Å². The Balaban J connectivity index is 1.59. The molecule has 1 aliphatic heterocycles. The molecular weight excluding hydrogens is 360 g/mol. The second kappa shape index (κ2) is 7.06. The average Bonchev–Trinajstić information content (AvgIpc) is 3.48. The van der Waals surface area contributed by atoms with Gasteiger partial charge in [0.25, 0.3) is 5.91 Å². The van der Waals surface area contributed by atoms with Gasteiger partial charge in [0.2, 0.25) is 0 Å². The summed E-state index contributed by atoms with van der Waals surface area (Å²) in [6.07, 6.45) is 2.22. The number of amides is 1. The third-order valence-corrected chi connectivity index (χ3v) is 5.78. The minimum absolute atomic E-state index is 0.00996. The first-order valence-electron chi connectivity index (χ1n) is 9.35. The first kappa shape index (κ1) is 18.1. The van der Waals surface area contributed by atoms with Gasteiger partial charge in [-0.05, 0) is 49.6 Å². The Morgan fingerprint density at radius 3 is 2.67 bits per heavy atom. The van der Waals surface area contributed by atoms with E-state index in [0.29, 0.717) is 12.6 Å². The molecular formula is C21H25ClN4O. The Morgan fingerprint density at radius 1 is 1.22 bits per heavy atom. The number of nitrogens with one attached hydrogen (secondary N) is 1. The fourth-order valence-electron chi connectivity index (χ4n) is 3.71. The van der Waals surface area contributed by atoms with Gasteiger partial charge in [-0.2, -0.15) is 0 Å². The van der Waals surface area contributed by atoms with Gasteiger partial charge in [-0.25, -0.2) is 5.01 Å². The fraction of sp³-hybridized carbons (Fsp3) is 0.381. The van der Waals surface area contributed by atoms with Crippen LogP contribution in [0.15, 0.2) is 42.5 Å². The van der Waals surface area contributed by atoms with Crippen LogP contribution >= 0.6 is 11.6 Å². The van der Waals surface area contributed by atoms with Crippen molar-refractivity contribution in [2.75, 3.05) is 30.5 Å². The fourth-order valence-corrected chi connectivity index (χ4v) is 3.96. The summed E-state index contributed by atoms with van der Waals surface area (Å²) in [5.74, 6) is -0.00996. The molecule has 4 rings (SSSR count). The van der Waals surface area contributed by atoms with Crippen LogP contribution in [0.2, 0.25) is 5.02 Å². The first-order valence-corrected chi connectivity index (χ1v) is 9.72. The highest BCUT2D eigenvalue weighted by molar-refractivity contribution is 6.33.